The van der Waals surface area contributed by atoms with E-state index in [1.807, 2.05) is 0 Å². The summed E-state index contributed by atoms with van der Waals surface area (Å²) in [6, 6.07) is 4.40. The van der Waals surface area contributed by atoms with Crippen LogP contribution in [0.1, 0.15) is 19.4 Å². The van der Waals surface area contributed by atoms with Gasteiger partial charge in [0.1, 0.15) is 5.70 Å². The van der Waals surface area contributed by atoms with Crippen molar-refractivity contribution in [1.29, 1.82) is 0 Å². The molecule has 0 aliphatic heterocycles. The van der Waals surface area contributed by atoms with Crippen molar-refractivity contribution in [1.82, 2.24) is 5.32 Å². The maximum atomic E-state index is 11.0. The van der Waals surface area contributed by atoms with Crippen LogP contribution in [0.2, 0.25) is 0 Å². The molecular weight excluding hydrogens is 250 g/mol. The zero-order valence-electron chi connectivity index (χ0n) is 10.6. The van der Waals surface area contributed by atoms with Gasteiger partial charge in [0.2, 0.25) is 5.91 Å². The van der Waals surface area contributed by atoms with Crippen molar-refractivity contribution >= 4 is 18.0 Å². The van der Waals surface area contributed by atoms with Crippen LogP contribution in [-0.2, 0) is 9.59 Å². The molecule has 0 unspecified atom stereocenters. The lowest BCUT2D eigenvalue weighted by Gasteiger charge is -2.07. The van der Waals surface area contributed by atoms with Gasteiger partial charge in [0.25, 0.3) is 0 Å². The van der Waals surface area contributed by atoms with Crippen molar-refractivity contribution in [3.8, 4) is 11.5 Å². The quantitative estimate of drug-likeness (QED) is 0.698. The Hall–Kier alpha value is -2.50. The number of phenols is 1. The molecular formula is C13H15NO5. The Kier molecular flexibility index (Phi) is 4.93. The van der Waals surface area contributed by atoms with Crippen LogP contribution < -0.4 is 10.1 Å². The highest BCUT2D eigenvalue weighted by Gasteiger charge is 2.10. The van der Waals surface area contributed by atoms with Gasteiger partial charge in [-0.3, -0.25) is 4.79 Å². The summed E-state index contributed by atoms with van der Waals surface area (Å²) in [6.45, 7) is 3.36. The molecule has 0 aromatic heterocycles. The van der Waals surface area contributed by atoms with E-state index in [0.29, 0.717) is 12.2 Å². The number of hydrogen-bond acceptors (Lipinski definition) is 4. The highest BCUT2D eigenvalue weighted by molar-refractivity contribution is 5.96. The van der Waals surface area contributed by atoms with E-state index in [0.717, 1.165) is 0 Å². The van der Waals surface area contributed by atoms with Gasteiger partial charge in [-0.05, 0) is 30.7 Å². The largest absolute Gasteiger partial charge is 0.504 e. The van der Waals surface area contributed by atoms with Crippen molar-refractivity contribution in [2.24, 2.45) is 0 Å². The molecule has 1 aromatic carbocycles. The van der Waals surface area contributed by atoms with E-state index in [1.54, 1.807) is 6.92 Å². The fourth-order valence-electron chi connectivity index (χ4n) is 1.40. The van der Waals surface area contributed by atoms with Gasteiger partial charge in [0, 0.05) is 6.92 Å². The van der Waals surface area contributed by atoms with E-state index in [-0.39, 0.29) is 17.2 Å². The number of rotatable bonds is 5. The summed E-state index contributed by atoms with van der Waals surface area (Å²) in [5.74, 6) is -1.50. The Labute approximate surface area is 110 Å². The SMILES string of the molecule is CCOc1cc(/C=C(\NC(C)=O)C(=O)O)ccc1O. The monoisotopic (exact) mass is 265 g/mol. The number of hydrogen-bond donors (Lipinski definition) is 3. The molecule has 0 saturated carbocycles. The molecule has 1 aromatic rings. The summed E-state index contributed by atoms with van der Waals surface area (Å²) in [5, 5.41) is 20.7. The van der Waals surface area contributed by atoms with Gasteiger partial charge in [0.05, 0.1) is 6.61 Å². The van der Waals surface area contributed by atoms with E-state index in [1.165, 1.54) is 31.2 Å². The van der Waals surface area contributed by atoms with Crippen LogP contribution in [0.25, 0.3) is 6.08 Å². The van der Waals surface area contributed by atoms with Crippen LogP contribution in [0, 0.1) is 0 Å². The summed E-state index contributed by atoms with van der Waals surface area (Å²) in [6.07, 6.45) is 1.28. The molecule has 102 valence electrons. The molecule has 1 rings (SSSR count). The lowest BCUT2D eigenvalue weighted by Crippen LogP contribution is -2.24. The first-order valence-corrected chi connectivity index (χ1v) is 5.62. The molecule has 0 spiro atoms. The van der Waals surface area contributed by atoms with Crippen LogP contribution in [-0.4, -0.2) is 28.7 Å². The molecule has 19 heavy (non-hydrogen) atoms. The standard InChI is InChI=1S/C13H15NO5/c1-3-19-12-7-9(4-5-11(12)16)6-10(13(17)18)14-8(2)15/h4-7,16H,3H2,1-2H3,(H,14,15)(H,17,18)/b10-6-. The minimum absolute atomic E-state index is 0.0320. The third kappa shape index (κ3) is 4.34. The molecule has 6 heteroatoms. The number of ether oxygens (including phenoxy) is 1. The van der Waals surface area contributed by atoms with Crippen LogP contribution in [0.4, 0.5) is 0 Å². The van der Waals surface area contributed by atoms with E-state index in [2.05, 4.69) is 5.32 Å². The van der Waals surface area contributed by atoms with Gasteiger partial charge in [0.15, 0.2) is 11.5 Å². The number of carboxylic acid groups (broad SMARTS) is 1. The number of aromatic hydroxyl groups is 1. The molecule has 6 nitrogen and oxygen atoms in total. The molecule has 0 aliphatic rings. The van der Waals surface area contributed by atoms with Gasteiger partial charge in [-0.1, -0.05) is 6.07 Å². The summed E-state index contributed by atoms with van der Waals surface area (Å²) in [7, 11) is 0. The van der Waals surface area contributed by atoms with E-state index < -0.39 is 11.9 Å². The molecule has 0 bridgehead atoms. The highest BCUT2D eigenvalue weighted by atomic mass is 16.5. The summed E-state index contributed by atoms with van der Waals surface area (Å²) < 4.78 is 5.19. The predicted molar refractivity (Wildman–Crippen MR) is 68.7 cm³/mol. The Morgan fingerprint density at radius 1 is 1.42 bits per heavy atom. The number of aliphatic carboxylic acids is 1. The van der Waals surface area contributed by atoms with E-state index >= 15 is 0 Å². The normalized spacial score (nSPS) is 10.9. The van der Waals surface area contributed by atoms with E-state index in [4.69, 9.17) is 9.84 Å². The minimum Gasteiger partial charge on any atom is -0.504 e. The number of carboxylic acids is 1. The van der Waals surface area contributed by atoms with Crippen molar-refractivity contribution in [3.63, 3.8) is 0 Å². The van der Waals surface area contributed by atoms with Gasteiger partial charge < -0.3 is 20.3 Å². The van der Waals surface area contributed by atoms with Gasteiger partial charge in [-0.15, -0.1) is 0 Å². The zero-order chi connectivity index (χ0) is 14.4. The molecule has 0 saturated heterocycles. The summed E-state index contributed by atoms with van der Waals surface area (Å²) >= 11 is 0. The van der Waals surface area contributed by atoms with Crippen molar-refractivity contribution in [2.45, 2.75) is 13.8 Å². The molecule has 1 amide bonds. The number of carbonyl (C=O) groups excluding carboxylic acids is 1. The molecule has 0 fully saturated rings. The van der Waals surface area contributed by atoms with Crippen LogP contribution in [0.5, 0.6) is 11.5 Å². The topological polar surface area (TPSA) is 95.9 Å². The summed E-state index contributed by atoms with van der Waals surface area (Å²) in [5.41, 5.74) is 0.244. The fraction of sp³-hybridized carbons (Fsp3) is 0.231. The van der Waals surface area contributed by atoms with Gasteiger partial charge in [-0.25, -0.2) is 4.79 Å². The molecule has 0 radical (unpaired) electrons. The Morgan fingerprint density at radius 2 is 2.11 bits per heavy atom. The molecule has 0 atom stereocenters. The average molecular weight is 265 g/mol. The second kappa shape index (κ2) is 6.44. The Morgan fingerprint density at radius 3 is 2.63 bits per heavy atom. The van der Waals surface area contributed by atoms with E-state index in [9.17, 15) is 14.7 Å². The Balaban J connectivity index is 3.10. The van der Waals surface area contributed by atoms with Crippen molar-refractivity contribution in [2.75, 3.05) is 6.61 Å². The lowest BCUT2D eigenvalue weighted by atomic mass is 10.1. The third-order valence-electron chi connectivity index (χ3n) is 2.14. The zero-order valence-corrected chi connectivity index (χ0v) is 10.6. The average Bonchev–Trinajstić information content (AvgIpc) is 2.32. The lowest BCUT2D eigenvalue weighted by molar-refractivity contribution is -0.134. The number of nitrogens with one attached hydrogen (secondary N) is 1. The smallest absolute Gasteiger partial charge is 0.352 e. The highest BCUT2D eigenvalue weighted by Crippen LogP contribution is 2.27. The molecule has 0 aliphatic carbocycles. The fourth-order valence-corrected chi connectivity index (χ4v) is 1.40. The van der Waals surface area contributed by atoms with Crippen LogP contribution in [0.3, 0.4) is 0 Å². The van der Waals surface area contributed by atoms with Gasteiger partial charge >= 0.3 is 5.97 Å². The summed E-state index contributed by atoms with van der Waals surface area (Å²) in [4.78, 5) is 21.8. The first kappa shape index (κ1) is 14.6. The second-order valence-electron chi connectivity index (χ2n) is 3.70. The maximum absolute atomic E-state index is 11.0. The van der Waals surface area contributed by atoms with Crippen LogP contribution in [0.15, 0.2) is 23.9 Å². The maximum Gasteiger partial charge on any atom is 0.352 e. The minimum atomic E-state index is -1.25. The third-order valence-corrected chi connectivity index (χ3v) is 2.14. The van der Waals surface area contributed by atoms with Crippen molar-refractivity contribution in [3.05, 3.63) is 29.5 Å². The number of phenolic OH excluding ortho intramolecular Hbond substituents is 1. The number of amides is 1. The number of carbonyl (C=O) groups is 2. The first-order valence-electron chi connectivity index (χ1n) is 5.62. The van der Waals surface area contributed by atoms with Gasteiger partial charge in [-0.2, -0.15) is 0 Å². The number of benzene rings is 1. The first-order chi connectivity index (χ1) is 8.93. The predicted octanol–water partition coefficient (Wildman–Crippen LogP) is 1.35. The molecule has 3 N–H and O–H groups in total. The Bertz CT molecular complexity index is 522. The van der Waals surface area contributed by atoms with Crippen LogP contribution >= 0.6 is 0 Å². The second-order valence-corrected chi connectivity index (χ2v) is 3.70. The van der Waals surface area contributed by atoms with Crippen molar-refractivity contribution < 1.29 is 24.5 Å². The molecule has 0 heterocycles.